The lowest BCUT2D eigenvalue weighted by Crippen LogP contribution is -2.27. The Bertz CT molecular complexity index is 181. The van der Waals surface area contributed by atoms with E-state index in [1.54, 1.807) is 0 Å². The van der Waals surface area contributed by atoms with Crippen LogP contribution in [0.1, 0.15) is 19.3 Å². The molecule has 84 valence electrons. The molecule has 0 radical (unpaired) electrons. The third-order valence-electron chi connectivity index (χ3n) is 2.76. The largest absolute Gasteiger partial charge is 0.379 e. The fourth-order valence-corrected chi connectivity index (χ4v) is 1.70. The van der Waals surface area contributed by atoms with Crippen LogP contribution in [0.5, 0.6) is 0 Å². The van der Waals surface area contributed by atoms with Gasteiger partial charge in [-0.15, -0.1) is 12.4 Å². The van der Waals surface area contributed by atoms with Crippen molar-refractivity contribution in [3.8, 4) is 0 Å². The van der Waals surface area contributed by atoms with E-state index in [2.05, 4.69) is 5.32 Å². The van der Waals surface area contributed by atoms with Crippen LogP contribution in [0.3, 0.4) is 0 Å². The van der Waals surface area contributed by atoms with Crippen LogP contribution in [0.15, 0.2) is 0 Å². The lowest BCUT2D eigenvalue weighted by atomic mass is 10.2. The molecule has 0 spiro atoms. The molecule has 0 aromatic carbocycles. The van der Waals surface area contributed by atoms with Crippen molar-refractivity contribution in [3.63, 3.8) is 0 Å². The van der Waals surface area contributed by atoms with Crippen LogP contribution in [0.2, 0.25) is 0 Å². The SMILES string of the molecule is Cl.FC1(F)CC1COCC1CCCN1. The molecule has 2 fully saturated rings. The summed E-state index contributed by atoms with van der Waals surface area (Å²) in [6.07, 6.45) is 2.31. The Labute approximate surface area is 88.8 Å². The number of halogens is 3. The highest BCUT2D eigenvalue weighted by molar-refractivity contribution is 5.85. The molecule has 2 nitrogen and oxygen atoms in total. The van der Waals surface area contributed by atoms with E-state index in [0.717, 1.165) is 13.0 Å². The average Bonchev–Trinajstić information content (AvgIpc) is 2.53. The van der Waals surface area contributed by atoms with Gasteiger partial charge in [-0.05, 0) is 19.4 Å². The minimum absolute atomic E-state index is 0. The zero-order valence-electron chi connectivity index (χ0n) is 7.97. The van der Waals surface area contributed by atoms with Gasteiger partial charge in [-0.1, -0.05) is 0 Å². The predicted molar refractivity (Wildman–Crippen MR) is 52.1 cm³/mol. The van der Waals surface area contributed by atoms with E-state index in [-0.39, 0.29) is 25.4 Å². The Balaban J connectivity index is 0.000000980. The first-order valence-corrected chi connectivity index (χ1v) is 4.87. The van der Waals surface area contributed by atoms with Crippen molar-refractivity contribution in [2.75, 3.05) is 19.8 Å². The number of hydrogen-bond donors (Lipinski definition) is 1. The van der Waals surface area contributed by atoms with Gasteiger partial charge in [-0.2, -0.15) is 0 Å². The molecule has 1 saturated carbocycles. The van der Waals surface area contributed by atoms with Gasteiger partial charge in [-0.25, -0.2) is 8.78 Å². The summed E-state index contributed by atoms with van der Waals surface area (Å²) in [5.74, 6) is -2.93. The molecule has 0 amide bonds. The van der Waals surface area contributed by atoms with E-state index in [9.17, 15) is 8.78 Å². The maximum Gasteiger partial charge on any atom is 0.253 e. The quantitative estimate of drug-likeness (QED) is 0.791. The molecule has 0 aromatic heterocycles. The van der Waals surface area contributed by atoms with Crippen molar-refractivity contribution in [1.82, 2.24) is 5.32 Å². The third kappa shape index (κ3) is 3.04. The van der Waals surface area contributed by atoms with Crippen molar-refractivity contribution in [2.24, 2.45) is 5.92 Å². The summed E-state index contributed by atoms with van der Waals surface area (Å²) in [7, 11) is 0. The highest BCUT2D eigenvalue weighted by Crippen LogP contribution is 2.48. The maximum absolute atomic E-state index is 12.4. The lowest BCUT2D eigenvalue weighted by molar-refractivity contribution is 0.0491. The molecule has 1 heterocycles. The van der Waals surface area contributed by atoms with Crippen LogP contribution in [-0.4, -0.2) is 31.7 Å². The first kappa shape index (κ1) is 12.1. The summed E-state index contributed by atoms with van der Waals surface area (Å²) < 4.78 is 30.0. The monoisotopic (exact) mass is 227 g/mol. The Morgan fingerprint density at radius 3 is 2.57 bits per heavy atom. The molecule has 2 unspecified atom stereocenters. The van der Waals surface area contributed by atoms with Gasteiger partial charge in [0.2, 0.25) is 0 Å². The molecule has 1 aliphatic heterocycles. The van der Waals surface area contributed by atoms with E-state index in [1.165, 1.54) is 6.42 Å². The Morgan fingerprint density at radius 1 is 1.36 bits per heavy atom. The number of nitrogens with one attached hydrogen (secondary N) is 1. The number of rotatable bonds is 4. The molecular formula is C9H16ClF2NO. The van der Waals surface area contributed by atoms with Crippen LogP contribution in [-0.2, 0) is 4.74 Å². The van der Waals surface area contributed by atoms with Gasteiger partial charge < -0.3 is 10.1 Å². The van der Waals surface area contributed by atoms with Crippen LogP contribution < -0.4 is 5.32 Å². The van der Waals surface area contributed by atoms with Crippen molar-refractivity contribution in [3.05, 3.63) is 0 Å². The van der Waals surface area contributed by atoms with E-state index in [4.69, 9.17) is 4.74 Å². The minimum atomic E-state index is -2.43. The van der Waals surface area contributed by atoms with Crippen molar-refractivity contribution in [2.45, 2.75) is 31.2 Å². The average molecular weight is 228 g/mol. The molecule has 1 saturated heterocycles. The Hall–Kier alpha value is 0.0700. The van der Waals surface area contributed by atoms with Crippen LogP contribution >= 0.6 is 12.4 Å². The number of ether oxygens (including phenoxy) is 1. The van der Waals surface area contributed by atoms with E-state index in [1.807, 2.05) is 0 Å². The first-order valence-electron chi connectivity index (χ1n) is 4.87. The second-order valence-corrected chi connectivity index (χ2v) is 3.99. The van der Waals surface area contributed by atoms with Crippen LogP contribution in [0.25, 0.3) is 0 Å². The molecule has 5 heteroatoms. The topological polar surface area (TPSA) is 21.3 Å². The second kappa shape index (κ2) is 4.73. The van der Waals surface area contributed by atoms with Crippen molar-refractivity contribution >= 4 is 12.4 Å². The smallest absolute Gasteiger partial charge is 0.253 e. The Kier molecular flexibility index (Phi) is 4.10. The van der Waals surface area contributed by atoms with Gasteiger partial charge >= 0.3 is 0 Å². The molecule has 1 N–H and O–H groups in total. The molecule has 2 rings (SSSR count). The summed E-state index contributed by atoms with van der Waals surface area (Å²) in [6, 6.07) is 0.396. The highest BCUT2D eigenvalue weighted by Gasteiger charge is 2.56. The zero-order valence-corrected chi connectivity index (χ0v) is 8.79. The van der Waals surface area contributed by atoms with E-state index < -0.39 is 11.8 Å². The van der Waals surface area contributed by atoms with Gasteiger partial charge in [0.1, 0.15) is 0 Å². The summed E-state index contributed by atoms with van der Waals surface area (Å²) >= 11 is 0. The Morgan fingerprint density at radius 2 is 2.07 bits per heavy atom. The number of alkyl halides is 2. The van der Waals surface area contributed by atoms with E-state index in [0.29, 0.717) is 12.6 Å². The highest BCUT2D eigenvalue weighted by atomic mass is 35.5. The summed E-state index contributed by atoms with van der Waals surface area (Å²) in [4.78, 5) is 0. The normalized spacial score (nSPS) is 33.9. The second-order valence-electron chi connectivity index (χ2n) is 3.99. The van der Waals surface area contributed by atoms with Gasteiger partial charge in [0.05, 0.1) is 19.1 Å². The first-order chi connectivity index (χ1) is 6.18. The zero-order chi connectivity index (χ0) is 9.31. The molecule has 0 aromatic rings. The van der Waals surface area contributed by atoms with Gasteiger partial charge in [0.25, 0.3) is 5.92 Å². The fraction of sp³-hybridized carbons (Fsp3) is 1.00. The molecule has 14 heavy (non-hydrogen) atoms. The minimum Gasteiger partial charge on any atom is -0.379 e. The summed E-state index contributed by atoms with van der Waals surface area (Å²) in [6.45, 7) is 1.85. The molecule has 1 aliphatic carbocycles. The van der Waals surface area contributed by atoms with E-state index >= 15 is 0 Å². The summed E-state index contributed by atoms with van der Waals surface area (Å²) in [5.41, 5.74) is 0. The van der Waals surface area contributed by atoms with Gasteiger partial charge in [0.15, 0.2) is 0 Å². The van der Waals surface area contributed by atoms with Crippen LogP contribution in [0.4, 0.5) is 8.78 Å². The molecule has 0 bridgehead atoms. The molecular weight excluding hydrogens is 212 g/mol. The van der Waals surface area contributed by atoms with Gasteiger partial charge in [0, 0.05) is 12.5 Å². The van der Waals surface area contributed by atoms with Crippen LogP contribution in [0, 0.1) is 5.92 Å². The maximum atomic E-state index is 12.4. The van der Waals surface area contributed by atoms with Crippen molar-refractivity contribution < 1.29 is 13.5 Å². The third-order valence-corrected chi connectivity index (χ3v) is 2.76. The standard InChI is InChI=1S/C9H15F2NO.ClH/c10-9(11)4-7(9)5-13-6-8-2-1-3-12-8;/h7-8,12H,1-6H2;1H. The predicted octanol–water partition coefficient (Wildman–Crippen LogP) is 1.83. The fourth-order valence-electron chi connectivity index (χ4n) is 1.70. The number of hydrogen-bond acceptors (Lipinski definition) is 2. The van der Waals surface area contributed by atoms with Crippen molar-refractivity contribution in [1.29, 1.82) is 0 Å². The lowest BCUT2D eigenvalue weighted by Gasteiger charge is -2.10. The molecule has 2 atom stereocenters. The van der Waals surface area contributed by atoms with Gasteiger partial charge in [-0.3, -0.25) is 0 Å². The molecule has 2 aliphatic rings. The summed E-state index contributed by atoms with van der Waals surface area (Å²) in [5, 5.41) is 3.26.